The van der Waals surface area contributed by atoms with E-state index in [4.69, 9.17) is 9.47 Å². The summed E-state index contributed by atoms with van der Waals surface area (Å²) in [5.74, 6) is 1.23. The Kier molecular flexibility index (Phi) is 2.78. The van der Waals surface area contributed by atoms with Crippen LogP contribution in [-0.2, 0) is 11.2 Å². The number of nitrogens with zero attached hydrogens (tertiary/aromatic N) is 2. The molecule has 1 aliphatic rings. The van der Waals surface area contributed by atoms with Crippen molar-refractivity contribution in [2.75, 3.05) is 12.1 Å². The van der Waals surface area contributed by atoms with Crippen LogP contribution >= 0.6 is 11.3 Å². The van der Waals surface area contributed by atoms with Crippen molar-refractivity contribution >= 4 is 27.9 Å². The van der Waals surface area contributed by atoms with E-state index in [1.165, 1.54) is 0 Å². The normalized spacial score (nSPS) is 12.8. The van der Waals surface area contributed by atoms with Gasteiger partial charge in [-0.15, -0.1) is 11.3 Å². The number of hydrogen-bond donors (Lipinski definition) is 1. The van der Waals surface area contributed by atoms with E-state index in [0.717, 1.165) is 10.7 Å². The topological polar surface area (TPSA) is 64.9 Å². The van der Waals surface area contributed by atoms with E-state index in [1.807, 2.05) is 22.2 Å². The SMILES string of the molecule is O=C(Cc1cn2ccsc2n1)Nc1ccc2c(c1)OCO2. The molecule has 2 aromatic heterocycles. The maximum absolute atomic E-state index is 12.1. The van der Waals surface area contributed by atoms with Gasteiger partial charge in [-0.25, -0.2) is 4.98 Å². The van der Waals surface area contributed by atoms with Crippen LogP contribution in [-0.4, -0.2) is 22.1 Å². The van der Waals surface area contributed by atoms with Gasteiger partial charge < -0.3 is 14.8 Å². The molecule has 7 heteroatoms. The summed E-state index contributed by atoms with van der Waals surface area (Å²) < 4.78 is 12.4. The maximum atomic E-state index is 12.1. The Morgan fingerprint density at radius 2 is 2.29 bits per heavy atom. The molecule has 1 aliphatic heterocycles. The van der Waals surface area contributed by atoms with Gasteiger partial charge in [-0.05, 0) is 12.1 Å². The van der Waals surface area contributed by atoms with Gasteiger partial charge in [-0.2, -0.15) is 0 Å². The van der Waals surface area contributed by atoms with Crippen LogP contribution in [0.1, 0.15) is 5.69 Å². The lowest BCUT2D eigenvalue weighted by molar-refractivity contribution is -0.115. The molecule has 3 aromatic rings. The number of carbonyl (C=O) groups excluding carboxylic acids is 1. The zero-order chi connectivity index (χ0) is 14.2. The molecule has 0 unspecified atom stereocenters. The number of aromatic nitrogens is 2. The standard InChI is InChI=1S/C14H11N3O3S/c18-13(6-10-7-17-3-4-21-14(17)16-10)15-9-1-2-11-12(5-9)20-8-19-11/h1-5,7H,6,8H2,(H,15,18). The third kappa shape index (κ3) is 2.31. The second kappa shape index (κ2) is 4.78. The van der Waals surface area contributed by atoms with Crippen molar-refractivity contribution in [2.24, 2.45) is 0 Å². The monoisotopic (exact) mass is 301 g/mol. The Labute approximate surface area is 123 Å². The molecule has 1 aromatic carbocycles. The molecule has 0 saturated heterocycles. The molecule has 0 radical (unpaired) electrons. The minimum Gasteiger partial charge on any atom is -0.454 e. The number of hydrogen-bond acceptors (Lipinski definition) is 5. The molecule has 0 bridgehead atoms. The quantitative estimate of drug-likeness (QED) is 0.806. The Hall–Kier alpha value is -2.54. The molecule has 0 atom stereocenters. The van der Waals surface area contributed by atoms with Gasteiger partial charge >= 0.3 is 0 Å². The van der Waals surface area contributed by atoms with Crippen molar-refractivity contribution in [2.45, 2.75) is 6.42 Å². The number of fused-ring (bicyclic) bond motifs is 2. The number of amides is 1. The van der Waals surface area contributed by atoms with Crippen molar-refractivity contribution in [3.8, 4) is 11.5 Å². The van der Waals surface area contributed by atoms with Gasteiger partial charge in [0.25, 0.3) is 0 Å². The Morgan fingerprint density at radius 1 is 1.38 bits per heavy atom. The van der Waals surface area contributed by atoms with Crippen LogP contribution in [0.25, 0.3) is 4.96 Å². The van der Waals surface area contributed by atoms with Gasteiger partial charge in [0.15, 0.2) is 16.5 Å². The third-order valence-corrected chi connectivity index (χ3v) is 3.91. The average molecular weight is 301 g/mol. The van der Waals surface area contributed by atoms with E-state index in [-0.39, 0.29) is 19.1 Å². The highest BCUT2D eigenvalue weighted by atomic mass is 32.1. The molecule has 21 heavy (non-hydrogen) atoms. The first-order valence-corrected chi connectivity index (χ1v) is 7.26. The minimum atomic E-state index is -0.111. The van der Waals surface area contributed by atoms with E-state index in [2.05, 4.69) is 10.3 Å². The van der Waals surface area contributed by atoms with Gasteiger partial charge in [-0.1, -0.05) is 0 Å². The summed E-state index contributed by atoms with van der Waals surface area (Å²) >= 11 is 1.54. The van der Waals surface area contributed by atoms with E-state index in [9.17, 15) is 4.79 Å². The Balaban J connectivity index is 1.47. The molecule has 0 fully saturated rings. The number of carbonyl (C=O) groups is 1. The van der Waals surface area contributed by atoms with Crippen molar-refractivity contribution in [1.82, 2.24) is 9.38 Å². The predicted octanol–water partition coefficient (Wildman–Crippen LogP) is 2.31. The van der Waals surface area contributed by atoms with Gasteiger partial charge in [0.05, 0.1) is 12.1 Å². The first kappa shape index (κ1) is 12.2. The average Bonchev–Trinajstić information content (AvgIpc) is 3.12. The lowest BCUT2D eigenvalue weighted by atomic mass is 10.2. The van der Waals surface area contributed by atoms with Crippen LogP contribution in [0.15, 0.2) is 36.0 Å². The second-order valence-corrected chi connectivity index (χ2v) is 5.49. The number of thiazole rings is 1. The summed E-state index contributed by atoms with van der Waals surface area (Å²) in [6, 6.07) is 5.33. The van der Waals surface area contributed by atoms with E-state index >= 15 is 0 Å². The number of ether oxygens (including phenoxy) is 2. The fourth-order valence-electron chi connectivity index (χ4n) is 2.21. The Morgan fingerprint density at radius 3 is 3.19 bits per heavy atom. The van der Waals surface area contributed by atoms with Crippen LogP contribution in [0, 0.1) is 0 Å². The predicted molar refractivity (Wildman–Crippen MR) is 78.0 cm³/mol. The van der Waals surface area contributed by atoms with Crippen LogP contribution in [0.4, 0.5) is 5.69 Å². The van der Waals surface area contributed by atoms with Crippen LogP contribution in [0.5, 0.6) is 11.5 Å². The third-order valence-electron chi connectivity index (χ3n) is 3.14. The zero-order valence-electron chi connectivity index (χ0n) is 10.9. The van der Waals surface area contributed by atoms with Gasteiger partial charge in [0.2, 0.25) is 12.7 Å². The van der Waals surface area contributed by atoms with E-state index in [1.54, 1.807) is 29.5 Å². The van der Waals surface area contributed by atoms with Crippen molar-refractivity contribution in [3.05, 3.63) is 41.7 Å². The molecule has 0 saturated carbocycles. The van der Waals surface area contributed by atoms with Crippen molar-refractivity contribution in [1.29, 1.82) is 0 Å². The van der Waals surface area contributed by atoms with E-state index in [0.29, 0.717) is 17.2 Å². The number of nitrogens with one attached hydrogen (secondary N) is 1. The lowest BCUT2D eigenvalue weighted by Crippen LogP contribution is -2.14. The van der Waals surface area contributed by atoms with Gasteiger partial charge in [0, 0.05) is 29.5 Å². The maximum Gasteiger partial charge on any atom is 0.231 e. The number of anilines is 1. The number of rotatable bonds is 3. The van der Waals surface area contributed by atoms with E-state index < -0.39 is 0 Å². The molecular formula is C14H11N3O3S. The first-order valence-electron chi connectivity index (χ1n) is 6.38. The fraction of sp³-hybridized carbons (Fsp3) is 0.143. The highest BCUT2D eigenvalue weighted by Gasteiger charge is 2.14. The summed E-state index contributed by atoms with van der Waals surface area (Å²) in [4.78, 5) is 17.3. The highest BCUT2D eigenvalue weighted by Crippen LogP contribution is 2.34. The smallest absolute Gasteiger partial charge is 0.231 e. The van der Waals surface area contributed by atoms with Gasteiger partial charge in [0.1, 0.15) is 0 Å². The molecule has 0 spiro atoms. The minimum absolute atomic E-state index is 0.111. The summed E-state index contributed by atoms with van der Waals surface area (Å²) in [6.45, 7) is 0.220. The molecular weight excluding hydrogens is 290 g/mol. The first-order chi connectivity index (χ1) is 10.3. The van der Waals surface area contributed by atoms with Crippen molar-refractivity contribution < 1.29 is 14.3 Å². The molecule has 106 valence electrons. The fourth-order valence-corrected chi connectivity index (χ4v) is 2.92. The summed E-state index contributed by atoms with van der Waals surface area (Å²) in [7, 11) is 0. The Bertz CT molecular complexity index is 795. The number of imidazole rings is 1. The van der Waals surface area contributed by atoms with Crippen LogP contribution in [0.3, 0.4) is 0 Å². The largest absolute Gasteiger partial charge is 0.454 e. The molecule has 4 rings (SSSR count). The summed E-state index contributed by atoms with van der Waals surface area (Å²) in [6.07, 6.45) is 4.03. The molecule has 1 amide bonds. The highest BCUT2D eigenvalue weighted by molar-refractivity contribution is 7.15. The molecule has 6 nitrogen and oxygen atoms in total. The lowest BCUT2D eigenvalue weighted by Gasteiger charge is -2.05. The van der Waals surface area contributed by atoms with Crippen LogP contribution in [0.2, 0.25) is 0 Å². The number of benzene rings is 1. The molecule has 1 N–H and O–H groups in total. The second-order valence-electron chi connectivity index (χ2n) is 4.62. The molecule has 3 heterocycles. The summed E-state index contributed by atoms with van der Waals surface area (Å²) in [5, 5.41) is 4.79. The van der Waals surface area contributed by atoms with Crippen molar-refractivity contribution in [3.63, 3.8) is 0 Å². The van der Waals surface area contributed by atoms with Crippen LogP contribution < -0.4 is 14.8 Å². The summed E-state index contributed by atoms with van der Waals surface area (Å²) in [5.41, 5.74) is 1.44. The zero-order valence-corrected chi connectivity index (χ0v) is 11.7. The van der Waals surface area contributed by atoms with Gasteiger partial charge in [-0.3, -0.25) is 9.20 Å². The molecule has 0 aliphatic carbocycles.